The Morgan fingerprint density at radius 2 is 2.00 bits per heavy atom. The maximum atomic E-state index is 13.9. The highest BCUT2D eigenvalue weighted by molar-refractivity contribution is 9.10. The Bertz CT molecular complexity index is 706. The molecule has 0 saturated carbocycles. The number of nitrogens with two attached hydrogens (primary N) is 1. The van der Waals surface area contributed by atoms with Gasteiger partial charge in [-0.05, 0) is 34.1 Å². The average molecular weight is 367 g/mol. The number of thiocarbonyl (C=S) groups is 1. The van der Waals surface area contributed by atoms with Crippen LogP contribution in [-0.4, -0.2) is 10.9 Å². The van der Waals surface area contributed by atoms with E-state index in [1.54, 1.807) is 30.3 Å². The molecule has 0 atom stereocenters. The third-order valence-corrected chi connectivity index (χ3v) is 3.82. The van der Waals surface area contributed by atoms with E-state index >= 15 is 0 Å². The Morgan fingerprint density at radius 1 is 1.29 bits per heavy atom. The molecular weight excluding hydrogens is 355 g/mol. The van der Waals surface area contributed by atoms with Crippen LogP contribution in [0.3, 0.4) is 0 Å². The van der Waals surface area contributed by atoms with Crippen molar-refractivity contribution in [1.29, 1.82) is 0 Å². The second-order valence-corrected chi connectivity index (χ2v) is 5.63. The number of hydrogen-bond donors (Lipinski definition) is 2. The number of carbonyl (C=O) groups is 1. The van der Waals surface area contributed by atoms with Gasteiger partial charge in [-0.25, -0.2) is 4.39 Å². The van der Waals surface area contributed by atoms with Gasteiger partial charge in [0, 0.05) is 22.1 Å². The van der Waals surface area contributed by atoms with Crippen LogP contribution in [0.5, 0.6) is 0 Å². The van der Waals surface area contributed by atoms with E-state index < -0.39 is 5.82 Å². The summed E-state index contributed by atoms with van der Waals surface area (Å²) in [7, 11) is 0. The predicted octanol–water partition coefficient (Wildman–Crippen LogP) is 3.15. The molecule has 2 rings (SSSR count). The summed E-state index contributed by atoms with van der Waals surface area (Å²) in [5, 5.41) is 2.67. The number of carbonyl (C=O) groups excluding carboxylic acids is 1. The van der Waals surface area contributed by atoms with E-state index in [0.717, 1.165) is 0 Å². The Balaban J connectivity index is 2.08. The van der Waals surface area contributed by atoms with Crippen molar-refractivity contribution in [2.75, 3.05) is 0 Å². The summed E-state index contributed by atoms with van der Waals surface area (Å²) in [5.74, 6) is -0.729. The molecule has 0 heterocycles. The standard InChI is InChI=1S/C15H12BrFN2OS/c16-12-4-2-1-3-11(12)15(20)19-8-10-6-5-9(14(18)21)7-13(10)17/h1-7H,8H2,(H2,18,21)(H,19,20). The lowest BCUT2D eigenvalue weighted by Gasteiger charge is -2.08. The van der Waals surface area contributed by atoms with E-state index in [0.29, 0.717) is 21.2 Å². The molecule has 3 N–H and O–H groups in total. The monoisotopic (exact) mass is 366 g/mol. The van der Waals surface area contributed by atoms with Crippen LogP contribution < -0.4 is 11.1 Å². The quantitative estimate of drug-likeness (QED) is 0.817. The van der Waals surface area contributed by atoms with Crippen LogP contribution in [0.1, 0.15) is 21.5 Å². The first-order valence-corrected chi connectivity index (χ1v) is 7.30. The first-order valence-electron chi connectivity index (χ1n) is 6.10. The lowest BCUT2D eigenvalue weighted by Crippen LogP contribution is -2.23. The van der Waals surface area contributed by atoms with Crippen LogP contribution >= 0.6 is 28.1 Å². The van der Waals surface area contributed by atoms with Gasteiger partial charge in [0.25, 0.3) is 5.91 Å². The zero-order valence-corrected chi connectivity index (χ0v) is 13.3. The third kappa shape index (κ3) is 3.86. The number of rotatable bonds is 4. The third-order valence-electron chi connectivity index (χ3n) is 2.90. The van der Waals surface area contributed by atoms with Gasteiger partial charge >= 0.3 is 0 Å². The van der Waals surface area contributed by atoms with Crippen molar-refractivity contribution in [3.8, 4) is 0 Å². The van der Waals surface area contributed by atoms with Gasteiger partial charge < -0.3 is 11.1 Å². The first-order chi connectivity index (χ1) is 9.99. The van der Waals surface area contributed by atoms with Gasteiger partial charge in [0.05, 0.1) is 5.56 Å². The molecule has 108 valence electrons. The van der Waals surface area contributed by atoms with Gasteiger partial charge in [-0.15, -0.1) is 0 Å². The van der Waals surface area contributed by atoms with Crippen molar-refractivity contribution in [2.24, 2.45) is 5.73 Å². The minimum atomic E-state index is -0.451. The van der Waals surface area contributed by atoms with E-state index in [2.05, 4.69) is 21.2 Å². The van der Waals surface area contributed by atoms with Crippen molar-refractivity contribution >= 4 is 39.0 Å². The van der Waals surface area contributed by atoms with Crippen molar-refractivity contribution < 1.29 is 9.18 Å². The summed E-state index contributed by atoms with van der Waals surface area (Å²) in [4.78, 5) is 12.2. The molecule has 0 aromatic heterocycles. The van der Waals surface area contributed by atoms with Crippen molar-refractivity contribution in [3.05, 3.63) is 69.4 Å². The molecule has 0 aliphatic carbocycles. The zero-order chi connectivity index (χ0) is 15.4. The molecule has 0 unspecified atom stereocenters. The van der Waals surface area contributed by atoms with E-state index in [1.807, 2.05) is 6.07 Å². The van der Waals surface area contributed by atoms with E-state index in [9.17, 15) is 9.18 Å². The normalized spacial score (nSPS) is 10.2. The Labute approximate surface area is 135 Å². The molecule has 0 bridgehead atoms. The summed E-state index contributed by atoms with van der Waals surface area (Å²) < 4.78 is 14.6. The summed E-state index contributed by atoms with van der Waals surface area (Å²) in [5.41, 5.74) is 6.77. The molecule has 21 heavy (non-hydrogen) atoms. The van der Waals surface area contributed by atoms with Crippen LogP contribution in [-0.2, 0) is 6.54 Å². The molecule has 2 aromatic carbocycles. The summed E-state index contributed by atoms with van der Waals surface area (Å²) in [6, 6.07) is 11.5. The minimum absolute atomic E-state index is 0.0869. The van der Waals surface area contributed by atoms with Crippen molar-refractivity contribution in [1.82, 2.24) is 5.32 Å². The fraction of sp³-hybridized carbons (Fsp3) is 0.0667. The van der Waals surface area contributed by atoms with E-state index in [-0.39, 0.29) is 17.4 Å². The fourth-order valence-corrected chi connectivity index (χ4v) is 2.35. The van der Waals surface area contributed by atoms with Gasteiger partial charge in [0.2, 0.25) is 0 Å². The highest BCUT2D eigenvalue weighted by atomic mass is 79.9. The Hall–Kier alpha value is -1.79. The van der Waals surface area contributed by atoms with Gasteiger partial charge in [-0.1, -0.05) is 36.5 Å². The minimum Gasteiger partial charge on any atom is -0.389 e. The van der Waals surface area contributed by atoms with Gasteiger partial charge in [-0.3, -0.25) is 4.79 Å². The molecule has 0 aliphatic rings. The molecule has 6 heteroatoms. The summed E-state index contributed by atoms with van der Waals surface area (Å²) in [6.07, 6.45) is 0. The fourth-order valence-electron chi connectivity index (χ4n) is 1.76. The molecule has 0 saturated heterocycles. The maximum Gasteiger partial charge on any atom is 0.252 e. The number of halogens is 2. The number of nitrogens with one attached hydrogen (secondary N) is 1. The first kappa shape index (κ1) is 15.6. The lowest BCUT2D eigenvalue weighted by molar-refractivity contribution is 0.0950. The van der Waals surface area contributed by atoms with Gasteiger partial charge in [0.15, 0.2) is 0 Å². The molecule has 3 nitrogen and oxygen atoms in total. The van der Waals surface area contributed by atoms with Crippen LogP contribution in [0.25, 0.3) is 0 Å². The number of amides is 1. The Kier molecular flexibility index (Phi) is 5.03. The van der Waals surface area contributed by atoms with E-state index in [4.69, 9.17) is 18.0 Å². The highest BCUT2D eigenvalue weighted by Crippen LogP contribution is 2.16. The maximum absolute atomic E-state index is 13.9. The smallest absolute Gasteiger partial charge is 0.252 e. The average Bonchev–Trinajstić information content (AvgIpc) is 2.46. The topological polar surface area (TPSA) is 55.1 Å². The SMILES string of the molecule is NC(=S)c1ccc(CNC(=O)c2ccccc2Br)c(F)c1. The van der Waals surface area contributed by atoms with E-state index in [1.165, 1.54) is 6.07 Å². The highest BCUT2D eigenvalue weighted by Gasteiger charge is 2.10. The summed E-state index contributed by atoms with van der Waals surface area (Å²) in [6.45, 7) is 0.0869. The van der Waals surface area contributed by atoms with Crippen molar-refractivity contribution in [3.63, 3.8) is 0 Å². The van der Waals surface area contributed by atoms with Gasteiger partial charge in [0.1, 0.15) is 10.8 Å². The Morgan fingerprint density at radius 3 is 2.62 bits per heavy atom. The second-order valence-electron chi connectivity index (χ2n) is 4.33. The van der Waals surface area contributed by atoms with Crippen LogP contribution in [0.2, 0.25) is 0 Å². The lowest BCUT2D eigenvalue weighted by atomic mass is 10.1. The van der Waals surface area contributed by atoms with Crippen LogP contribution in [0.15, 0.2) is 46.9 Å². The summed E-state index contributed by atoms with van der Waals surface area (Å²) >= 11 is 8.09. The molecule has 1 amide bonds. The molecule has 0 aliphatic heterocycles. The zero-order valence-electron chi connectivity index (χ0n) is 10.9. The number of hydrogen-bond acceptors (Lipinski definition) is 2. The van der Waals surface area contributed by atoms with Crippen molar-refractivity contribution in [2.45, 2.75) is 6.54 Å². The molecular formula is C15H12BrFN2OS. The predicted molar refractivity (Wildman–Crippen MR) is 87.6 cm³/mol. The molecule has 0 spiro atoms. The molecule has 2 aromatic rings. The van der Waals surface area contributed by atoms with Crippen LogP contribution in [0.4, 0.5) is 4.39 Å². The molecule has 0 fully saturated rings. The van der Waals surface area contributed by atoms with Crippen LogP contribution in [0, 0.1) is 5.82 Å². The number of benzene rings is 2. The largest absolute Gasteiger partial charge is 0.389 e. The second kappa shape index (κ2) is 6.78. The molecule has 0 radical (unpaired) electrons. The van der Waals surface area contributed by atoms with Gasteiger partial charge in [-0.2, -0.15) is 0 Å².